The number of carbonyl (C=O) groups is 1. The van der Waals surface area contributed by atoms with Crippen LogP contribution in [0.4, 0.5) is 5.69 Å². The summed E-state index contributed by atoms with van der Waals surface area (Å²) in [5.74, 6) is -0.213. The average molecular weight is 354 g/mol. The van der Waals surface area contributed by atoms with E-state index in [2.05, 4.69) is 9.72 Å². The van der Waals surface area contributed by atoms with Crippen LogP contribution in [-0.4, -0.2) is 23.0 Å². The average Bonchev–Trinajstić information content (AvgIpc) is 3.15. The van der Waals surface area contributed by atoms with Crippen LogP contribution in [0.2, 0.25) is 0 Å². The van der Waals surface area contributed by atoms with Gasteiger partial charge in [-0.25, -0.2) is 9.78 Å². The maximum Gasteiger partial charge on any atom is 0.338 e. The summed E-state index contributed by atoms with van der Waals surface area (Å²) in [5.41, 5.74) is 1.03. The van der Waals surface area contributed by atoms with Crippen LogP contribution >= 0.6 is 0 Å². The Labute approximate surface area is 148 Å². The van der Waals surface area contributed by atoms with Crippen molar-refractivity contribution in [3.63, 3.8) is 0 Å². The number of oxazole rings is 1. The molecular formula is C18H14N2O6. The maximum absolute atomic E-state index is 11.5. The normalized spacial score (nSPS) is 10.3. The van der Waals surface area contributed by atoms with Gasteiger partial charge in [0.2, 0.25) is 5.89 Å². The Morgan fingerprint density at radius 3 is 2.69 bits per heavy atom. The zero-order chi connectivity index (χ0) is 18.5. The Hall–Kier alpha value is -3.68. The molecule has 0 atom stereocenters. The summed E-state index contributed by atoms with van der Waals surface area (Å²) in [6.07, 6.45) is 1.43. The highest BCUT2D eigenvalue weighted by Gasteiger charge is 2.19. The summed E-state index contributed by atoms with van der Waals surface area (Å²) in [4.78, 5) is 26.4. The molecule has 26 heavy (non-hydrogen) atoms. The minimum Gasteiger partial charge on any atom is -0.480 e. The molecule has 0 fully saturated rings. The molecule has 8 nitrogen and oxygen atoms in total. The lowest BCUT2D eigenvalue weighted by molar-refractivity contribution is -0.386. The third-order valence-electron chi connectivity index (χ3n) is 3.52. The first-order chi connectivity index (χ1) is 12.6. The second-order valence-corrected chi connectivity index (χ2v) is 5.23. The molecule has 0 bridgehead atoms. The molecule has 3 aromatic rings. The summed E-state index contributed by atoms with van der Waals surface area (Å²) in [7, 11) is 1.20. The van der Waals surface area contributed by atoms with Gasteiger partial charge in [0.15, 0.2) is 5.75 Å². The standard InChI is InChI=1S/C18H14N2O6/c1-24-18(21)13-7-8-16(15(9-13)20(22)23)25-10-14-11-26-17(19-14)12-5-3-2-4-6-12/h2-9,11H,10H2,1H3. The van der Waals surface area contributed by atoms with E-state index in [1.165, 1.54) is 25.5 Å². The molecule has 0 aliphatic rings. The largest absolute Gasteiger partial charge is 0.480 e. The summed E-state index contributed by atoms with van der Waals surface area (Å²) in [5, 5.41) is 11.2. The van der Waals surface area contributed by atoms with Crippen molar-refractivity contribution in [3.05, 3.63) is 76.2 Å². The highest BCUT2D eigenvalue weighted by Crippen LogP contribution is 2.29. The molecule has 0 unspecified atom stereocenters. The van der Waals surface area contributed by atoms with Crippen LogP contribution in [0.1, 0.15) is 16.1 Å². The van der Waals surface area contributed by atoms with E-state index < -0.39 is 10.9 Å². The molecular weight excluding hydrogens is 340 g/mol. The fraction of sp³-hybridized carbons (Fsp3) is 0.111. The van der Waals surface area contributed by atoms with Crippen molar-refractivity contribution in [1.29, 1.82) is 0 Å². The predicted molar refractivity (Wildman–Crippen MR) is 90.7 cm³/mol. The van der Waals surface area contributed by atoms with Crippen LogP contribution in [0.15, 0.2) is 59.2 Å². The molecule has 2 aromatic carbocycles. The van der Waals surface area contributed by atoms with Gasteiger partial charge < -0.3 is 13.9 Å². The minimum atomic E-state index is -0.663. The summed E-state index contributed by atoms with van der Waals surface area (Å²) < 4.78 is 15.4. The number of carbonyl (C=O) groups excluding carboxylic acids is 1. The van der Waals surface area contributed by atoms with Crippen molar-refractivity contribution in [2.75, 3.05) is 7.11 Å². The van der Waals surface area contributed by atoms with Crippen LogP contribution < -0.4 is 4.74 Å². The second kappa shape index (κ2) is 7.47. The van der Waals surface area contributed by atoms with Crippen LogP contribution in [0.5, 0.6) is 5.75 Å². The Morgan fingerprint density at radius 1 is 1.23 bits per heavy atom. The molecule has 0 N–H and O–H groups in total. The quantitative estimate of drug-likeness (QED) is 0.378. The number of benzene rings is 2. The molecule has 0 saturated carbocycles. The fourth-order valence-corrected chi connectivity index (χ4v) is 2.27. The zero-order valence-corrected chi connectivity index (χ0v) is 13.7. The summed E-state index contributed by atoms with van der Waals surface area (Å²) in [6.45, 7) is -0.0191. The molecule has 0 aliphatic carbocycles. The molecule has 0 spiro atoms. The van der Waals surface area contributed by atoms with Crippen molar-refractivity contribution < 1.29 is 23.6 Å². The van der Waals surface area contributed by atoms with Gasteiger partial charge >= 0.3 is 11.7 Å². The number of hydrogen-bond acceptors (Lipinski definition) is 7. The topological polar surface area (TPSA) is 105 Å². The highest BCUT2D eigenvalue weighted by atomic mass is 16.6. The molecule has 0 saturated heterocycles. The monoisotopic (exact) mass is 354 g/mol. The van der Waals surface area contributed by atoms with Crippen molar-refractivity contribution in [2.24, 2.45) is 0 Å². The lowest BCUT2D eigenvalue weighted by atomic mass is 10.2. The number of rotatable bonds is 6. The summed E-state index contributed by atoms with van der Waals surface area (Å²) >= 11 is 0. The van der Waals surface area contributed by atoms with E-state index in [9.17, 15) is 14.9 Å². The number of methoxy groups -OCH3 is 1. The van der Waals surface area contributed by atoms with Gasteiger partial charge in [-0.1, -0.05) is 18.2 Å². The third-order valence-corrected chi connectivity index (χ3v) is 3.52. The first-order valence-corrected chi connectivity index (χ1v) is 7.58. The molecule has 1 aromatic heterocycles. The molecule has 3 rings (SSSR count). The number of hydrogen-bond donors (Lipinski definition) is 0. The van der Waals surface area contributed by atoms with E-state index in [1.54, 1.807) is 0 Å². The van der Waals surface area contributed by atoms with Gasteiger partial charge in [-0.15, -0.1) is 0 Å². The van der Waals surface area contributed by atoms with Gasteiger partial charge in [0.25, 0.3) is 0 Å². The molecule has 0 aliphatic heterocycles. The Kier molecular flexibility index (Phi) is 4.93. The Balaban J connectivity index is 1.76. The SMILES string of the molecule is COC(=O)c1ccc(OCc2coc(-c3ccccc3)n2)c([N+](=O)[O-])c1. The molecule has 8 heteroatoms. The van der Waals surface area contributed by atoms with E-state index in [4.69, 9.17) is 9.15 Å². The number of nitro benzene ring substituents is 1. The number of nitrogens with zero attached hydrogens (tertiary/aromatic N) is 2. The molecule has 0 amide bonds. The van der Waals surface area contributed by atoms with Gasteiger partial charge in [0.05, 0.1) is 17.6 Å². The van der Waals surface area contributed by atoms with Gasteiger partial charge in [-0.2, -0.15) is 0 Å². The predicted octanol–water partition coefficient (Wildman–Crippen LogP) is 3.62. The van der Waals surface area contributed by atoms with Crippen molar-refractivity contribution in [1.82, 2.24) is 4.98 Å². The van der Waals surface area contributed by atoms with E-state index in [1.807, 2.05) is 30.3 Å². The van der Waals surface area contributed by atoms with Gasteiger partial charge in [0.1, 0.15) is 18.6 Å². The lowest BCUT2D eigenvalue weighted by Gasteiger charge is -2.06. The van der Waals surface area contributed by atoms with Crippen LogP contribution in [0, 0.1) is 10.1 Å². The minimum absolute atomic E-state index is 0.0191. The maximum atomic E-state index is 11.5. The van der Waals surface area contributed by atoms with Crippen molar-refractivity contribution in [3.8, 4) is 17.2 Å². The van der Waals surface area contributed by atoms with Crippen molar-refractivity contribution in [2.45, 2.75) is 6.61 Å². The molecule has 132 valence electrons. The second-order valence-electron chi connectivity index (χ2n) is 5.23. The number of esters is 1. The van der Waals surface area contributed by atoms with E-state index in [-0.39, 0.29) is 23.6 Å². The third kappa shape index (κ3) is 3.69. The first-order valence-electron chi connectivity index (χ1n) is 7.58. The first kappa shape index (κ1) is 17.2. The Morgan fingerprint density at radius 2 is 2.00 bits per heavy atom. The molecule has 1 heterocycles. The van der Waals surface area contributed by atoms with Gasteiger partial charge in [-0.05, 0) is 24.3 Å². The Bertz CT molecular complexity index is 936. The van der Waals surface area contributed by atoms with E-state index >= 15 is 0 Å². The number of nitro groups is 1. The zero-order valence-electron chi connectivity index (χ0n) is 13.7. The van der Waals surface area contributed by atoms with Crippen LogP contribution in [0.25, 0.3) is 11.5 Å². The lowest BCUT2D eigenvalue weighted by Crippen LogP contribution is -2.04. The van der Waals surface area contributed by atoms with Crippen molar-refractivity contribution >= 4 is 11.7 Å². The summed E-state index contributed by atoms with van der Waals surface area (Å²) in [6, 6.07) is 13.2. The number of ether oxygens (including phenoxy) is 2. The number of aromatic nitrogens is 1. The molecule has 0 radical (unpaired) electrons. The smallest absolute Gasteiger partial charge is 0.338 e. The van der Waals surface area contributed by atoms with Gasteiger partial charge in [-0.3, -0.25) is 10.1 Å². The fourth-order valence-electron chi connectivity index (χ4n) is 2.27. The van der Waals surface area contributed by atoms with Gasteiger partial charge in [0, 0.05) is 11.6 Å². The van der Waals surface area contributed by atoms with E-state index in [0.29, 0.717) is 11.6 Å². The van der Waals surface area contributed by atoms with Crippen LogP contribution in [0.3, 0.4) is 0 Å². The van der Waals surface area contributed by atoms with E-state index in [0.717, 1.165) is 11.6 Å². The highest BCUT2D eigenvalue weighted by molar-refractivity contribution is 5.90. The van der Waals surface area contributed by atoms with Crippen LogP contribution in [-0.2, 0) is 11.3 Å².